The van der Waals surface area contributed by atoms with E-state index in [2.05, 4.69) is 25.2 Å². The van der Waals surface area contributed by atoms with E-state index in [1.165, 1.54) is 22.6 Å². The SMILES string of the molecule is CC(C)C1=C[C@H]2C[C@@H]1N(C(=O)CN1Cc3cc(F)ccc3NC1=O)C2. The lowest BCUT2D eigenvalue weighted by atomic mass is 9.97. The summed E-state index contributed by atoms with van der Waals surface area (Å²) in [4.78, 5) is 28.4. The van der Waals surface area contributed by atoms with Gasteiger partial charge >= 0.3 is 6.03 Å². The summed E-state index contributed by atoms with van der Waals surface area (Å²) in [5, 5.41) is 2.73. The standard InChI is InChI=1S/C19H22FN3O2/c1-11(2)15-5-12-6-17(15)23(8-12)18(24)10-22-9-13-7-14(20)3-4-16(13)21-19(22)25/h3-5,7,11-12,17H,6,8-10H2,1-2H3,(H,21,25)/t12-,17-/m0/s1. The molecule has 4 rings (SSSR count). The summed E-state index contributed by atoms with van der Waals surface area (Å²) in [5.41, 5.74) is 2.64. The molecule has 132 valence electrons. The third-order valence-corrected chi connectivity index (χ3v) is 5.42. The van der Waals surface area contributed by atoms with Crippen LogP contribution in [0, 0.1) is 17.7 Å². The fourth-order valence-corrected chi connectivity index (χ4v) is 4.21. The molecule has 25 heavy (non-hydrogen) atoms. The van der Waals surface area contributed by atoms with Gasteiger partial charge in [0.25, 0.3) is 0 Å². The van der Waals surface area contributed by atoms with Crippen molar-refractivity contribution in [3.63, 3.8) is 0 Å². The number of carbonyl (C=O) groups is 2. The summed E-state index contributed by atoms with van der Waals surface area (Å²) in [6.07, 6.45) is 3.31. The number of nitrogens with zero attached hydrogens (tertiary/aromatic N) is 2. The Bertz CT molecular complexity index is 774. The van der Waals surface area contributed by atoms with E-state index in [1.807, 2.05) is 4.90 Å². The minimum atomic E-state index is -0.343. The van der Waals surface area contributed by atoms with Gasteiger partial charge in [-0.1, -0.05) is 19.9 Å². The lowest BCUT2D eigenvalue weighted by Crippen LogP contribution is -2.48. The van der Waals surface area contributed by atoms with E-state index in [4.69, 9.17) is 0 Å². The molecule has 2 bridgehead atoms. The van der Waals surface area contributed by atoms with Crippen LogP contribution >= 0.6 is 0 Å². The van der Waals surface area contributed by atoms with Crippen molar-refractivity contribution in [2.75, 3.05) is 18.4 Å². The first-order chi connectivity index (χ1) is 11.9. The van der Waals surface area contributed by atoms with Gasteiger partial charge in [0.1, 0.15) is 12.4 Å². The van der Waals surface area contributed by atoms with Crippen LogP contribution in [0.15, 0.2) is 29.8 Å². The van der Waals surface area contributed by atoms with Crippen LogP contribution in [0.5, 0.6) is 0 Å². The average Bonchev–Trinajstić information content (AvgIpc) is 3.16. The van der Waals surface area contributed by atoms with E-state index in [1.54, 1.807) is 6.07 Å². The molecular formula is C19H22FN3O2. The van der Waals surface area contributed by atoms with Crippen molar-refractivity contribution in [2.45, 2.75) is 32.9 Å². The number of carbonyl (C=O) groups excluding carboxylic acids is 2. The largest absolute Gasteiger partial charge is 0.334 e. The number of anilines is 1. The fourth-order valence-electron chi connectivity index (χ4n) is 4.21. The van der Waals surface area contributed by atoms with Crippen molar-refractivity contribution in [2.24, 2.45) is 11.8 Å². The highest BCUT2D eigenvalue weighted by Gasteiger charge is 2.42. The van der Waals surface area contributed by atoms with Gasteiger partial charge in [0.05, 0.1) is 12.6 Å². The molecule has 1 aliphatic carbocycles. The van der Waals surface area contributed by atoms with Crippen molar-refractivity contribution in [3.05, 3.63) is 41.2 Å². The van der Waals surface area contributed by atoms with Crippen LogP contribution in [0.4, 0.5) is 14.9 Å². The summed E-state index contributed by atoms with van der Waals surface area (Å²) in [6.45, 7) is 5.31. The topological polar surface area (TPSA) is 52.7 Å². The Morgan fingerprint density at radius 3 is 2.92 bits per heavy atom. The number of halogens is 1. The van der Waals surface area contributed by atoms with Crippen LogP contribution in [-0.4, -0.2) is 40.9 Å². The molecule has 1 saturated heterocycles. The molecule has 1 N–H and O–H groups in total. The van der Waals surface area contributed by atoms with Crippen molar-refractivity contribution < 1.29 is 14.0 Å². The zero-order valence-electron chi connectivity index (χ0n) is 14.5. The number of fused-ring (bicyclic) bond motifs is 3. The summed E-state index contributed by atoms with van der Waals surface area (Å²) >= 11 is 0. The van der Waals surface area contributed by atoms with Crippen LogP contribution in [0.3, 0.4) is 0 Å². The third-order valence-electron chi connectivity index (χ3n) is 5.42. The predicted octanol–water partition coefficient (Wildman–Crippen LogP) is 2.99. The second kappa shape index (κ2) is 5.86. The first-order valence-corrected chi connectivity index (χ1v) is 8.78. The second-order valence-corrected chi connectivity index (χ2v) is 7.47. The molecule has 0 saturated carbocycles. The molecule has 3 amide bonds. The van der Waals surface area contributed by atoms with E-state index in [0.29, 0.717) is 23.1 Å². The van der Waals surface area contributed by atoms with Crippen molar-refractivity contribution in [1.82, 2.24) is 9.80 Å². The van der Waals surface area contributed by atoms with Gasteiger partial charge in [0.2, 0.25) is 5.91 Å². The minimum absolute atomic E-state index is 0.0242. The first-order valence-electron chi connectivity index (χ1n) is 8.78. The molecule has 2 aliphatic heterocycles. The summed E-state index contributed by atoms with van der Waals surface area (Å²) < 4.78 is 13.4. The molecule has 0 spiro atoms. The molecule has 1 aromatic rings. The zero-order valence-corrected chi connectivity index (χ0v) is 14.5. The van der Waals surface area contributed by atoms with Gasteiger partial charge in [-0.2, -0.15) is 0 Å². The number of hydrogen-bond acceptors (Lipinski definition) is 2. The Labute approximate surface area is 146 Å². The third kappa shape index (κ3) is 2.79. The Morgan fingerprint density at radius 2 is 2.20 bits per heavy atom. The molecule has 1 fully saturated rings. The maximum absolute atomic E-state index is 13.4. The van der Waals surface area contributed by atoms with E-state index in [0.717, 1.165) is 13.0 Å². The van der Waals surface area contributed by atoms with Crippen LogP contribution in [0.1, 0.15) is 25.8 Å². The van der Waals surface area contributed by atoms with Gasteiger partial charge in [-0.05, 0) is 47.6 Å². The Balaban J connectivity index is 1.47. The molecule has 0 unspecified atom stereocenters. The number of rotatable bonds is 3. The lowest BCUT2D eigenvalue weighted by molar-refractivity contribution is -0.132. The van der Waals surface area contributed by atoms with Gasteiger partial charge in [-0.25, -0.2) is 9.18 Å². The Hall–Kier alpha value is -2.37. The van der Waals surface area contributed by atoms with Crippen LogP contribution in [-0.2, 0) is 11.3 Å². The van der Waals surface area contributed by atoms with Crippen LogP contribution in [0.25, 0.3) is 0 Å². The van der Waals surface area contributed by atoms with Gasteiger partial charge in [0.15, 0.2) is 0 Å². The highest BCUT2D eigenvalue weighted by Crippen LogP contribution is 2.40. The lowest BCUT2D eigenvalue weighted by Gasteiger charge is -2.34. The number of benzene rings is 1. The number of amides is 3. The van der Waals surface area contributed by atoms with E-state index in [-0.39, 0.29) is 36.9 Å². The van der Waals surface area contributed by atoms with E-state index < -0.39 is 0 Å². The molecule has 3 aliphatic rings. The number of nitrogens with one attached hydrogen (secondary N) is 1. The predicted molar refractivity (Wildman–Crippen MR) is 92.4 cm³/mol. The van der Waals surface area contributed by atoms with Crippen molar-refractivity contribution in [3.8, 4) is 0 Å². The number of likely N-dealkylation sites (tertiary alicyclic amines) is 1. The van der Waals surface area contributed by atoms with Crippen molar-refractivity contribution >= 4 is 17.6 Å². The summed E-state index contributed by atoms with van der Waals surface area (Å²) in [7, 11) is 0. The quantitative estimate of drug-likeness (QED) is 0.858. The van der Waals surface area contributed by atoms with Gasteiger partial charge in [-0.15, -0.1) is 0 Å². The van der Waals surface area contributed by atoms with Crippen LogP contribution < -0.4 is 5.32 Å². The monoisotopic (exact) mass is 343 g/mol. The molecule has 0 radical (unpaired) electrons. The number of urea groups is 1. The molecule has 2 atom stereocenters. The minimum Gasteiger partial charge on any atom is -0.334 e. The highest BCUT2D eigenvalue weighted by atomic mass is 19.1. The zero-order chi connectivity index (χ0) is 17.7. The van der Waals surface area contributed by atoms with Gasteiger partial charge in [0, 0.05) is 12.2 Å². The molecule has 5 nitrogen and oxygen atoms in total. The molecule has 0 aromatic heterocycles. The fraction of sp³-hybridized carbons (Fsp3) is 0.474. The Kier molecular flexibility index (Phi) is 3.78. The average molecular weight is 343 g/mol. The summed E-state index contributed by atoms with van der Waals surface area (Å²) in [5.74, 6) is 0.494. The smallest absolute Gasteiger partial charge is 0.322 e. The van der Waals surface area contributed by atoms with Gasteiger partial charge < -0.3 is 15.1 Å². The first kappa shape index (κ1) is 16.1. The molecule has 6 heteroatoms. The van der Waals surface area contributed by atoms with Crippen LogP contribution in [0.2, 0.25) is 0 Å². The molecule has 1 aromatic carbocycles. The van der Waals surface area contributed by atoms with Crippen molar-refractivity contribution in [1.29, 1.82) is 0 Å². The highest BCUT2D eigenvalue weighted by molar-refractivity contribution is 5.95. The van der Waals surface area contributed by atoms with Gasteiger partial charge in [-0.3, -0.25) is 4.79 Å². The maximum Gasteiger partial charge on any atom is 0.322 e. The summed E-state index contributed by atoms with van der Waals surface area (Å²) in [6, 6.07) is 4.15. The normalized spacial score (nSPS) is 24.5. The second-order valence-electron chi connectivity index (χ2n) is 7.47. The number of hydrogen-bond donors (Lipinski definition) is 1. The molecule has 2 heterocycles. The van der Waals surface area contributed by atoms with E-state index >= 15 is 0 Å². The van der Waals surface area contributed by atoms with E-state index in [9.17, 15) is 14.0 Å². The molecular weight excluding hydrogens is 321 g/mol. The maximum atomic E-state index is 13.4. The Morgan fingerprint density at radius 1 is 1.40 bits per heavy atom.